The molecule has 6 heteroatoms. The zero-order valence-electron chi connectivity index (χ0n) is 5.76. The number of aromatic hydroxyl groups is 1. The van der Waals surface area contributed by atoms with Crippen LogP contribution in [-0.4, -0.2) is 15.0 Å². The Morgan fingerprint density at radius 1 is 1.75 bits per heavy atom. The first-order chi connectivity index (χ1) is 5.65. The molecule has 0 saturated heterocycles. The molecule has 1 N–H and O–H groups in total. The van der Waals surface area contributed by atoms with Crippen LogP contribution in [0.3, 0.4) is 0 Å². The van der Waals surface area contributed by atoms with Crippen molar-refractivity contribution in [1.82, 2.24) is 4.98 Å². The van der Waals surface area contributed by atoms with Gasteiger partial charge in [-0.05, 0) is 9.91 Å². The lowest BCUT2D eigenvalue weighted by molar-refractivity contribution is -0.389. The molecule has 0 aliphatic carbocycles. The van der Waals surface area contributed by atoms with E-state index in [2.05, 4.69) is 4.98 Å². The summed E-state index contributed by atoms with van der Waals surface area (Å²) in [4.78, 5) is 12.7. The lowest BCUT2D eigenvalue weighted by Crippen LogP contribution is -1.92. The zero-order chi connectivity index (χ0) is 9.14. The molecular formula is C6H3N3O3. The van der Waals surface area contributed by atoms with Crippen LogP contribution in [-0.2, 0) is 0 Å². The van der Waals surface area contributed by atoms with Gasteiger partial charge >= 0.3 is 5.82 Å². The van der Waals surface area contributed by atoms with Crippen LogP contribution < -0.4 is 0 Å². The lowest BCUT2D eigenvalue weighted by atomic mass is 10.2. The van der Waals surface area contributed by atoms with Crippen LogP contribution in [0.2, 0.25) is 0 Å². The molecule has 1 heterocycles. The van der Waals surface area contributed by atoms with Crippen molar-refractivity contribution in [1.29, 1.82) is 5.26 Å². The van der Waals surface area contributed by atoms with Crippen molar-refractivity contribution in [2.24, 2.45) is 0 Å². The second kappa shape index (κ2) is 2.84. The number of aromatic nitrogens is 1. The quantitative estimate of drug-likeness (QED) is 0.484. The first-order valence-corrected chi connectivity index (χ1v) is 2.88. The van der Waals surface area contributed by atoms with Crippen LogP contribution in [0.4, 0.5) is 5.82 Å². The van der Waals surface area contributed by atoms with Crippen molar-refractivity contribution < 1.29 is 10.0 Å². The van der Waals surface area contributed by atoms with Gasteiger partial charge in [0.15, 0.2) is 11.9 Å². The van der Waals surface area contributed by atoms with Gasteiger partial charge in [0, 0.05) is 0 Å². The fourth-order valence-corrected chi connectivity index (χ4v) is 0.627. The normalized spacial score (nSPS) is 8.92. The van der Waals surface area contributed by atoms with E-state index in [1.165, 1.54) is 0 Å². The van der Waals surface area contributed by atoms with Crippen LogP contribution in [0.5, 0.6) is 5.75 Å². The van der Waals surface area contributed by atoms with Crippen molar-refractivity contribution in [3.63, 3.8) is 0 Å². The summed E-state index contributed by atoms with van der Waals surface area (Å²) in [6.07, 6.45) is 0.872. The standard InChI is InChI=1S/C6H3N3O3/c7-2-4-1-6(9(11)12)8-3-5(4)10/h1,3,10H. The van der Waals surface area contributed by atoms with E-state index >= 15 is 0 Å². The highest BCUT2D eigenvalue weighted by Crippen LogP contribution is 2.18. The summed E-state index contributed by atoms with van der Waals surface area (Å²) in [5, 5.41) is 27.4. The molecule has 0 radical (unpaired) electrons. The third-order valence-electron chi connectivity index (χ3n) is 1.18. The third-order valence-corrected chi connectivity index (χ3v) is 1.18. The summed E-state index contributed by atoms with van der Waals surface area (Å²) in [6, 6.07) is 2.51. The lowest BCUT2D eigenvalue weighted by Gasteiger charge is -1.92. The Kier molecular flexibility index (Phi) is 1.88. The molecule has 0 amide bonds. The molecule has 0 spiro atoms. The topological polar surface area (TPSA) is 100 Å². The van der Waals surface area contributed by atoms with Gasteiger partial charge in [0.05, 0.1) is 6.07 Å². The van der Waals surface area contributed by atoms with Gasteiger partial charge in [-0.2, -0.15) is 5.26 Å². The summed E-state index contributed by atoms with van der Waals surface area (Å²) in [7, 11) is 0. The van der Waals surface area contributed by atoms with E-state index in [4.69, 9.17) is 10.4 Å². The molecule has 1 rings (SSSR count). The van der Waals surface area contributed by atoms with E-state index in [-0.39, 0.29) is 11.3 Å². The highest BCUT2D eigenvalue weighted by molar-refractivity contribution is 5.44. The second-order valence-electron chi connectivity index (χ2n) is 1.93. The zero-order valence-corrected chi connectivity index (χ0v) is 5.76. The Labute approximate surface area is 66.9 Å². The van der Waals surface area contributed by atoms with Gasteiger partial charge in [0.1, 0.15) is 11.6 Å². The highest BCUT2D eigenvalue weighted by atomic mass is 16.6. The van der Waals surface area contributed by atoms with E-state index < -0.39 is 10.7 Å². The van der Waals surface area contributed by atoms with Crippen molar-refractivity contribution in [2.75, 3.05) is 0 Å². The van der Waals surface area contributed by atoms with E-state index in [0.717, 1.165) is 12.3 Å². The molecule has 1 aromatic rings. The monoisotopic (exact) mass is 165 g/mol. The molecule has 1 aromatic heterocycles. The highest BCUT2D eigenvalue weighted by Gasteiger charge is 2.11. The van der Waals surface area contributed by atoms with Crippen LogP contribution in [0, 0.1) is 21.4 Å². The Morgan fingerprint density at radius 2 is 2.42 bits per heavy atom. The average molecular weight is 165 g/mol. The number of pyridine rings is 1. The number of rotatable bonds is 1. The maximum Gasteiger partial charge on any atom is 0.364 e. The molecule has 0 aromatic carbocycles. The molecule has 0 atom stereocenters. The molecule has 0 aliphatic rings. The molecule has 0 aliphatic heterocycles. The number of nitrogens with zero attached hydrogens (tertiary/aromatic N) is 3. The first kappa shape index (κ1) is 7.94. The number of nitriles is 1. The predicted molar refractivity (Wildman–Crippen MR) is 37.3 cm³/mol. The summed E-state index contributed by atoms with van der Waals surface area (Å²) >= 11 is 0. The molecule has 0 fully saturated rings. The molecule has 0 unspecified atom stereocenters. The molecule has 12 heavy (non-hydrogen) atoms. The van der Waals surface area contributed by atoms with Crippen molar-refractivity contribution >= 4 is 5.82 Å². The fraction of sp³-hybridized carbons (Fsp3) is 0. The number of hydrogen-bond acceptors (Lipinski definition) is 5. The molecule has 0 saturated carbocycles. The van der Waals surface area contributed by atoms with E-state index in [1.54, 1.807) is 6.07 Å². The first-order valence-electron chi connectivity index (χ1n) is 2.88. The smallest absolute Gasteiger partial charge is 0.364 e. The van der Waals surface area contributed by atoms with Crippen LogP contribution in [0.1, 0.15) is 5.56 Å². The van der Waals surface area contributed by atoms with Gasteiger partial charge in [-0.15, -0.1) is 0 Å². The Hall–Kier alpha value is -2.16. The number of hydrogen-bond donors (Lipinski definition) is 1. The van der Waals surface area contributed by atoms with E-state index in [1.807, 2.05) is 0 Å². The molecule has 60 valence electrons. The van der Waals surface area contributed by atoms with Gasteiger partial charge in [-0.1, -0.05) is 0 Å². The van der Waals surface area contributed by atoms with Gasteiger partial charge in [0.25, 0.3) is 0 Å². The predicted octanol–water partition coefficient (Wildman–Crippen LogP) is 0.567. The number of nitro groups is 1. The Bertz CT molecular complexity index is 369. The molecule has 0 bridgehead atoms. The molecule has 6 nitrogen and oxygen atoms in total. The Morgan fingerprint density at radius 3 is 2.92 bits per heavy atom. The van der Waals surface area contributed by atoms with E-state index in [9.17, 15) is 10.1 Å². The summed E-state index contributed by atoms with van der Waals surface area (Å²) < 4.78 is 0. The van der Waals surface area contributed by atoms with Gasteiger partial charge in [-0.3, -0.25) is 0 Å². The minimum absolute atomic E-state index is 0.156. The largest absolute Gasteiger partial charge is 0.503 e. The van der Waals surface area contributed by atoms with Crippen molar-refractivity contribution in [3.05, 3.63) is 27.9 Å². The van der Waals surface area contributed by atoms with Crippen LogP contribution in [0.25, 0.3) is 0 Å². The maximum atomic E-state index is 10.1. The van der Waals surface area contributed by atoms with Gasteiger partial charge in [-0.25, -0.2) is 0 Å². The Balaban J connectivity index is 3.25. The minimum atomic E-state index is -0.736. The van der Waals surface area contributed by atoms with Crippen LogP contribution >= 0.6 is 0 Å². The van der Waals surface area contributed by atoms with Gasteiger partial charge in [0.2, 0.25) is 0 Å². The van der Waals surface area contributed by atoms with E-state index in [0.29, 0.717) is 0 Å². The van der Waals surface area contributed by atoms with Crippen molar-refractivity contribution in [2.45, 2.75) is 0 Å². The average Bonchev–Trinajstić information content (AvgIpc) is 2.05. The van der Waals surface area contributed by atoms with Crippen LogP contribution in [0.15, 0.2) is 12.3 Å². The summed E-state index contributed by atoms with van der Waals surface area (Å²) in [5.41, 5.74) is -0.156. The minimum Gasteiger partial charge on any atom is -0.503 e. The summed E-state index contributed by atoms with van der Waals surface area (Å²) in [5.74, 6) is -0.813. The summed E-state index contributed by atoms with van der Waals surface area (Å²) in [6.45, 7) is 0. The van der Waals surface area contributed by atoms with Gasteiger partial charge < -0.3 is 15.2 Å². The van der Waals surface area contributed by atoms with Crippen molar-refractivity contribution in [3.8, 4) is 11.8 Å². The second-order valence-corrected chi connectivity index (χ2v) is 1.93. The SMILES string of the molecule is N#Cc1cc([N+](=O)[O-])ncc1O. The molecular weight excluding hydrogens is 162 g/mol. The maximum absolute atomic E-state index is 10.1. The third kappa shape index (κ3) is 1.29. The fourth-order valence-electron chi connectivity index (χ4n) is 0.627.